The number of aromatic amines is 1. The van der Waals surface area contributed by atoms with Crippen LogP contribution in [0.2, 0.25) is 0 Å². The van der Waals surface area contributed by atoms with Gasteiger partial charge in [-0.3, -0.25) is 15.2 Å². The lowest BCUT2D eigenvalue weighted by atomic mass is 10.2. The second kappa shape index (κ2) is 5.01. The second-order valence-electron chi connectivity index (χ2n) is 3.62. The third-order valence-electron chi connectivity index (χ3n) is 2.39. The number of nitrogens with zero attached hydrogens (tertiary/aromatic N) is 4. The summed E-state index contributed by atoms with van der Waals surface area (Å²) in [5.74, 6) is 0.452. The molecule has 0 bridgehead atoms. The van der Waals surface area contributed by atoms with Crippen LogP contribution in [0, 0.1) is 21.4 Å². The number of nitro groups is 1. The van der Waals surface area contributed by atoms with Crippen molar-refractivity contribution in [2.75, 3.05) is 11.1 Å². The maximum absolute atomic E-state index is 10.9. The number of anilines is 2. The van der Waals surface area contributed by atoms with Gasteiger partial charge >= 0.3 is 5.69 Å². The van der Waals surface area contributed by atoms with E-state index in [-0.39, 0.29) is 23.6 Å². The smallest absolute Gasteiger partial charge is 0.312 e. The van der Waals surface area contributed by atoms with Crippen LogP contribution in [0.1, 0.15) is 11.1 Å². The number of H-pyrrole nitrogens is 1. The van der Waals surface area contributed by atoms with Crippen LogP contribution in [0.5, 0.6) is 0 Å². The fourth-order valence-electron chi connectivity index (χ4n) is 1.43. The number of hydrogen-bond donors (Lipinski definition) is 3. The van der Waals surface area contributed by atoms with E-state index in [0.717, 1.165) is 6.07 Å². The lowest BCUT2D eigenvalue weighted by Crippen LogP contribution is -2.06. The highest BCUT2D eigenvalue weighted by Crippen LogP contribution is 2.23. The number of pyridine rings is 1. The first-order chi connectivity index (χ1) is 9.11. The van der Waals surface area contributed by atoms with E-state index in [4.69, 9.17) is 11.0 Å². The molecule has 0 unspecified atom stereocenters. The summed E-state index contributed by atoms with van der Waals surface area (Å²) in [6.45, 7) is 0.238. The van der Waals surface area contributed by atoms with E-state index >= 15 is 0 Å². The highest BCUT2D eigenvalue weighted by molar-refractivity contribution is 5.58. The van der Waals surface area contributed by atoms with Gasteiger partial charge < -0.3 is 11.1 Å². The van der Waals surface area contributed by atoms with E-state index in [9.17, 15) is 10.1 Å². The van der Waals surface area contributed by atoms with E-state index in [1.54, 1.807) is 6.07 Å². The van der Waals surface area contributed by atoms with Crippen LogP contribution in [0.15, 0.2) is 18.5 Å². The maximum atomic E-state index is 10.9. The number of nitrogens with one attached hydrogen (secondary N) is 2. The van der Waals surface area contributed by atoms with Gasteiger partial charge in [-0.15, -0.1) is 0 Å². The number of aromatic nitrogens is 3. The van der Waals surface area contributed by atoms with Gasteiger partial charge in [0.25, 0.3) is 0 Å². The first-order valence-electron chi connectivity index (χ1n) is 5.18. The van der Waals surface area contributed by atoms with Crippen LogP contribution in [-0.4, -0.2) is 20.1 Å². The predicted octanol–water partition coefficient (Wildman–Crippen LogP) is 0.779. The molecule has 0 fully saturated rings. The molecule has 4 N–H and O–H groups in total. The van der Waals surface area contributed by atoms with Gasteiger partial charge in [-0.2, -0.15) is 10.4 Å². The zero-order valence-corrected chi connectivity index (χ0v) is 9.62. The summed E-state index contributed by atoms with van der Waals surface area (Å²) in [5.41, 5.74) is 6.12. The van der Waals surface area contributed by atoms with Crippen molar-refractivity contribution < 1.29 is 4.92 Å². The summed E-state index contributed by atoms with van der Waals surface area (Å²) in [6, 6.07) is 2.96. The van der Waals surface area contributed by atoms with Gasteiger partial charge in [-0.05, 0) is 0 Å². The summed E-state index contributed by atoms with van der Waals surface area (Å²) < 4.78 is 0. The largest absolute Gasteiger partial charge is 0.384 e. The average molecular weight is 259 g/mol. The highest BCUT2D eigenvalue weighted by Gasteiger charge is 2.16. The van der Waals surface area contributed by atoms with Crippen LogP contribution < -0.4 is 11.1 Å². The molecule has 19 heavy (non-hydrogen) atoms. The molecule has 2 aromatic rings. The molecule has 9 heteroatoms. The van der Waals surface area contributed by atoms with E-state index in [1.165, 1.54) is 12.4 Å². The lowest BCUT2D eigenvalue weighted by molar-refractivity contribution is -0.384. The van der Waals surface area contributed by atoms with Gasteiger partial charge in [-0.1, -0.05) is 0 Å². The first kappa shape index (κ1) is 12.3. The molecule has 0 amide bonds. The molecular formula is C10H9N7O2. The van der Waals surface area contributed by atoms with E-state index in [2.05, 4.69) is 20.5 Å². The van der Waals surface area contributed by atoms with Crippen molar-refractivity contribution in [2.45, 2.75) is 6.54 Å². The van der Waals surface area contributed by atoms with Crippen molar-refractivity contribution in [3.8, 4) is 6.07 Å². The fourth-order valence-corrected chi connectivity index (χ4v) is 1.43. The Hall–Kier alpha value is -3.15. The average Bonchev–Trinajstić information content (AvgIpc) is 2.81. The third-order valence-corrected chi connectivity index (χ3v) is 2.39. The molecule has 0 aliphatic rings. The third kappa shape index (κ3) is 2.58. The maximum Gasteiger partial charge on any atom is 0.312 e. The van der Waals surface area contributed by atoms with Crippen LogP contribution in [0.25, 0.3) is 0 Å². The first-order valence-corrected chi connectivity index (χ1v) is 5.18. The van der Waals surface area contributed by atoms with Gasteiger partial charge in [0.2, 0.25) is 5.82 Å². The second-order valence-corrected chi connectivity index (χ2v) is 3.62. The molecule has 0 radical (unpaired) electrons. The van der Waals surface area contributed by atoms with Crippen LogP contribution in [-0.2, 0) is 6.54 Å². The molecule has 96 valence electrons. The number of nitriles is 1. The van der Waals surface area contributed by atoms with Gasteiger partial charge in [0.05, 0.1) is 16.7 Å². The Morgan fingerprint density at radius 2 is 2.37 bits per heavy atom. The summed E-state index contributed by atoms with van der Waals surface area (Å²) >= 11 is 0. The van der Waals surface area contributed by atoms with Gasteiger partial charge in [0, 0.05) is 24.4 Å². The molecule has 0 saturated carbocycles. The Morgan fingerprint density at radius 1 is 1.58 bits per heavy atom. The van der Waals surface area contributed by atoms with Crippen molar-refractivity contribution in [3.63, 3.8) is 0 Å². The summed E-state index contributed by atoms with van der Waals surface area (Å²) in [6.07, 6.45) is 2.77. The Morgan fingerprint density at radius 3 is 2.95 bits per heavy atom. The Balaban J connectivity index is 2.23. The SMILES string of the molecule is N#Cc1cnc(NCc2cn[nH]c2N)c([N+](=O)[O-])c1. The topological polar surface area (TPSA) is 147 Å². The Kier molecular flexibility index (Phi) is 3.24. The minimum absolute atomic E-state index is 0.0737. The molecule has 0 aromatic carbocycles. The Bertz CT molecular complexity index is 658. The van der Waals surface area contributed by atoms with Gasteiger partial charge in [-0.25, -0.2) is 4.98 Å². The zero-order chi connectivity index (χ0) is 13.8. The molecule has 2 rings (SSSR count). The molecule has 2 aromatic heterocycles. The van der Waals surface area contributed by atoms with Gasteiger partial charge in [0.15, 0.2) is 0 Å². The molecule has 0 spiro atoms. The molecule has 0 saturated heterocycles. The standard InChI is InChI=1S/C10H9N7O2/c11-2-6-1-8(17(18)19)10(13-3-6)14-4-7-5-15-16-9(7)12/h1,3,5H,4H2,(H,13,14)(H3,12,15,16). The van der Waals surface area contributed by atoms with Crippen LogP contribution in [0.3, 0.4) is 0 Å². The minimum atomic E-state index is -0.602. The number of rotatable bonds is 4. The van der Waals surface area contributed by atoms with Crippen molar-refractivity contribution in [1.82, 2.24) is 15.2 Å². The van der Waals surface area contributed by atoms with Crippen molar-refractivity contribution >= 4 is 17.3 Å². The van der Waals surface area contributed by atoms with Crippen molar-refractivity contribution in [1.29, 1.82) is 5.26 Å². The summed E-state index contributed by atoms with van der Waals surface area (Å²) in [5, 5.41) is 28.6. The lowest BCUT2D eigenvalue weighted by Gasteiger charge is -2.05. The van der Waals surface area contributed by atoms with Crippen molar-refractivity contribution in [2.24, 2.45) is 0 Å². The highest BCUT2D eigenvalue weighted by atomic mass is 16.6. The number of nitrogen functional groups attached to an aromatic ring is 1. The summed E-state index contributed by atoms with van der Waals surface area (Å²) in [4.78, 5) is 14.1. The van der Waals surface area contributed by atoms with Crippen molar-refractivity contribution in [3.05, 3.63) is 39.7 Å². The van der Waals surface area contributed by atoms with E-state index in [0.29, 0.717) is 11.4 Å². The quantitative estimate of drug-likeness (QED) is 0.542. The molecule has 0 aliphatic heterocycles. The molecule has 9 nitrogen and oxygen atoms in total. The fraction of sp³-hybridized carbons (Fsp3) is 0.100. The minimum Gasteiger partial charge on any atom is -0.384 e. The molecular weight excluding hydrogens is 250 g/mol. The zero-order valence-electron chi connectivity index (χ0n) is 9.62. The molecule has 0 aliphatic carbocycles. The Labute approximate surface area is 107 Å². The summed E-state index contributed by atoms with van der Waals surface area (Å²) in [7, 11) is 0. The van der Waals surface area contributed by atoms with E-state index in [1.807, 2.05) is 0 Å². The van der Waals surface area contributed by atoms with Gasteiger partial charge in [0.1, 0.15) is 11.9 Å². The van der Waals surface area contributed by atoms with E-state index < -0.39 is 4.92 Å². The number of hydrogen-bond acceptors (Lipinski definition) is 7. The van der Waals surface area contributed by atoms with Crippen LogP contribution in [0.4, 0.5) is 17.3 Å². The monoisotopic (exact) mass is 259 g/mol. The molecule has 2 heterocycles. The number of nitrogens with two attached hydrogens (primary N) is 1. The molecule has 0 atom stereocenters. The normalized spacial score (nSPS) is 9.84. The van der Waals surface area contributed by atoms with Crippen LogP contribution >= 0.6 is 0 Å². The predicted molar refractivity (Wildman–Crippen MR) is 65.9 cm³/mol.